The average Bonchev–Trinajstić information content (AvgIpc) is 3.66. The number of fused-ring (bicyclic) bond motifs is 2. The number of hydrogen-bond acceptors (Lipinski definition) is 8. The van der Waals surface area contributed by atoms with Crippen LogP contribution in [0.3, 0.4) is 0 Å². The number of aromatic nitrogens is 2. The Morgan fingerprint density at radius 3 is 2.29 bits per heavy atom. The maximum absolute atomic E-state index is 13.8. The number of rotatable bonds is 8. The Hall–Kier alpha value is -4.42. The van der Waals surface area contributed by atoms with E-state index in [0.717, 1.165) is 74.9 Å². The van der Waals surface area contributed by atoms with Crippen LogP contribution in [0.5, 0.6) is 11.5 Å². The highest BCUT2D eigenvalue weighted by atomic mass is 32.2. The molecule has 12 heteroatoms. The van der Waals surface area contributed by atoms with Gasteiger partial charge in [-0.25, -0.2) is 18.2 Å². The van der Waals surface area contributed by atoms with E-state index >= 15 is 0 Å². The number of carboxylic acid groups (broad SMARTS) is 1. The van der Waals surface area contributed by atoms with Gasteiger partial charge in [-0.2, -0.15) is 0 Å². The van der Waals surface area contributed by atoms with Crippen LogP contribution in [-0.2, 0) is 21.2 Å². The van der Waals surface area contributed by atoms with Gasteiger partial charge in [-0.3, -0.25) is 4.79 Å². The van der Waals surface area contributed by atoms with Crippen LogP contribution in [0.1, 0.15) is 53.3 Å². The molecular weight excluding hydrogens is 651 g/mol. The smallest absolute Gasteiger partial charge is 0.345 e. The standard InChI is InChI=1S/C36H37N3O7S2/c1-45-26-17-25(18-27(19-26)46-2)29-10-8-23-16-24(9-11-28(23)37-29)34-33(22-6-4-3-5-7-22)35-30(20-31(47-35)36(41)42)39(34)21-32(40)38-12-14-48(43,44)15-13-38/h8-11,16-20,22H,3-7,12-15,21H2,1-2H3,(H,41,42). The van der Waals surface area contributed by atoms with E-state index in [-0.39, 0.29) is 47.8 Å². The quantitative estimate of drug-likeness (QED) is 0.193. The number of methoxy groups -OCH3 is 2. The first kappa shape index (κ1) is 32.1. The first-order valence-electron chi connectivity index (χ1n) is 16.2. The summed E-state index contributed by atoms with van der Waals surface area (Å²) in [5.74, 6) is 0.295. The Labute approximate surface area is 282 Å². The van der Waals surface area contributed by atoms with Gasteiger partial charge in [-0.15, -0.1) is 11.3 Å². The van der Waals surface area contributed by atoms with Crippen molar-refractivity contribution in [3.8, 4) is 34.0 Å². The molecule has 0 unspecified atom stereocenters. The number of benzene rings is 2. The Bertz CT molecular complexity index is 2130. The number of nitrogens with zero attached hydrogens (tertiary/aromatic N) is 3. The lowest BCUT2D eigenvalue weighted by atomic mass is 9.83. The molecule has 2 aromatic carbocycles. The molecule has 0 radical (unpaired) electrons. The average molecular weight is 688 g/mol. The summed E-state index contributed by atoms with van der Waals surface area (Å²) in [5, 5.41) is 10.9. The van der Waals surface area contributed by atoms with E-state index in [2.05, 4.69) is 6.07 Å². The second-order valence-electron chi connectivity index (χ2n) is 12.6. The van der Waals surface area contributed by atoms with Crippen LogP contribution >= 0.6 is 11.3 Å². The molecular formula is C36H37N3O7S2. The summed E-state index contributed by atoms with van der Waals surface area (Å²) in [6, 6.07) is 17.4. The largest absolute Gasteiger partial charge is 0.497 e. The topological polar surface area (TPSA) is 128 Å². The van der Waals surface area contributed by atoms with Crippen molar-refractivity contribution in [2.75, 3.05) is 38.8 Å². The van der Waals surface area contributed by atoms with E-state index < -0.39 is 15.8 Å². The van der Waals surface area contributed by atoms with Crippen molar-refractivity contribution in [1.82, 2.24) is 14.5 Å². The summed E-state index contributed by atoms with van der Waals surface area (Å²) in [6.07, 6.45) is 5.34. The second kappa shape index (κ2) is 12.9. The van der Waals surface area contributed by atoms with Crippen molar-refractivity contribution >= 4 is 54.2 Å². The number of thiophene rings is 1. The fourth-order valence-corrected chi connectivity index (χ4v) is 9.41. The van der Waals surface area contributed by atoms with Crippen LogP contribution in [0.25, 0.3) is 43.6 Å². The zero-order valence-electron chi connectivity index (χ0n) is 26.9. The van der Waals surface area contributed by atoms with E-state index in [1.807, 2.05) is 47.0 Å². The molecule has 250 valence electrons. The van der Waals surface area contributed by atoms with Crippen LogP contribution in [-0.4, -0.2) is 78.7 Å². The van der Waals surface area contributed by atoms with Crippen molar-refractivity contribution in [2.24, 2.45) is 0 Å². The SMILES string of the molecule is COc1cc(OC)cc(-c2ccc3cc(-c4c(C5CCCCC5)c5sc(C(=O)O)cc5n4CC(=O)N4CCS(=O)(=O)CC4)ccc3n2)c1. The second-order valence-corrected chi connectivity index (χ2v) is 15.9. The van der Waals surface area contributed by atoms with Gasteiger partial charge >= 0.3 is 5.97 Å². The monoisotopic (exact) mass is 687 g/mol. The maximum Gasteiger partial charge on any atom is 0.345 e. The van der Waals surface area contributed by atoms with Gasteiger partial charge < -0.3 is 24.0 Å². The number of aromatic carboxylic acids is 1. The molecule has 0 atom stereocenters. The number of ether oxygens (including phenoxy) is 2. The summed E-state index contributed by atoms with van der Waals surface area (Å²) in [6.45, 7) is 0.300. The molecule has 48 heavy (non-hydrogen) atoms. The molecule has 7 rings (SSSR count). The van der Waals surface area contributed by atoms with Gasteiger partial charge in [0, 0.05) is 30.1 Å². The normalized spacial score (nSPS) is 16.8. The Morgan fingerprint density at radius 1 is 0.917 bits per heavy atom. The molecule has 10 nitrogen and oxygen atoms in total. The molecule has 3 aromatic heterocycles. The Balaban J connectivity index is 1.35. The Morgan fingerprint density at radius 2 is 1.62 bits per heavy atom. The van der Waals surface area contributed by atoms with Crippen LogP contribution in [0.4, 0.5) is 0 Å². The lowest BCUT2D eigenvalue weighted by molar-refractivity contribution is -0.131. The summed E-state index contributed by atoms with van der Waals surface area (Å²) >= 11 is 1.27. The van der Waals surface area contributed by atoms with Crippen molar-refractivity contribution < 1.29 is 32.6 Å². The number of pyridine rings is 1. The van der Waals surface area contributed by atoms with Crippen LogP contribution in [0, 0.1) is 0 Å². The highest BCUT2D eigenvalue weighted by Gasteiger charge is 2.31. The van der Waals surface area contributed by atoms with Crippen LogP contribution in [0.15, 0.2) is 54.6 Å². The molecule has 0 bridgehead atoms. The number of carbonyl (C=O) groups is 2. The van der Waals surface area contributed by atoms with Crippen LogP contribution in [0.2, 0.25) is 0 Å². The first-order valence-corrected chi connectivity index (χ1v) is 18.8. The molecule has 1 amide bonds. The summed E-state index contributed by atoms with van der Waals surface area (Å²) in [5.41, 5.74) is 6.11. The number of hydrogen-bond donors (Lipinski definition) is 1. The van der Waals surface area contributed by atoms with Gasteiger partial charge in [-0.1, -0.05) is 31.4 Å². The zero-order valence-corrected chi connectivity index (χ0v) is 28.5. The van der Waals surface area contributed by atoms with Gasteiger partial charge in [0.25, 0.3) is 0 Å². The third kappa shape index (κ3) is 6.14. The molecule has 1 saturated carbocycles. The molecule has 1 saturated heterocycles. The molecule has 1 N–H and O–H groups in total. The number of carbonyl (C=O) groups excluding carboxylic acids is 1. The van der Waals surface area contributed by atoms with Gasteiger partial charge in [0.1, 0.15) is 22.9 Å². The Kier molecular flexibility index (Phi) is 8.63. The van der Waals surface area contributed by atoms with Crippen molar-refractivity contribution in [3.63, 3.8) is 0 Å². The number of carboxylic acids is 1. The molecule has 1 aliphatic heterocycles. The third-order valence-electron chi connectivity index (χ3n) is 9.60. The summed E-state index contributed by atoms with van der Waals surface area (Å²) in [7, 11) is 0.0712. The number of amides is 1. The number of sulfone groups is 1. The van der Waals surface area contributed by atoms with Gasteiger partial charge in [0.15, 0.2) is 9.84 Å². The highest BCUT2D eigenvalue weighted by molar-refractivity contribution is 7.91. The van der Waals surface area contributed by atoms with Crippen molar-refractivity contribution in [2.45, 2.75) is 44.6 Å². The van der Waals surface area contributed by atoms with Crippen molar-refractivity contribution in [3.05, 3.63) is 65.0 Å². The lowest BCUT2D eigenvalue weighted by Crippen LogP contribution is -2.45. The predicted molar refractivity (Wildman–Crippen MR) is 187 cm³/mol. The minimum absolute atomic E-state index is 0.0126. The van der Waals surface area contributed by atoms with E-state index in [1.165, 1.54) is 17.8 Å². The molecule has 4 heterocycles. The zero-order chi connectivity index (χ0) is 33.6. The minimum Gasteiger partial charge on any atom is -0.497 e. The molecule has 0 spiro atoms. The minimum atomic E-state index is -3.16. The first-order chi connectivity index (χ1) is 23.1. The van der Waals surface area contributed by atoms with Gasteiger partial charge in [0.05, 0.1) is 52.8 Å². The van der Waals surface area contributed by atoms with E-state index in [0.29, 0.717) is 11.5 Å². The van der Waals surface area contributed by atoms with Gasteiger partial charge in [0.2, 0.25) is 5.91 Å². The fraction of sp³-hybridized carbons (Fsp3) is 0.361. The van der Waals surface area contributed by atoms with Crippen LogP contribution < -0.4 is 9.47 Å². The summed E-state index contributed by atoms with van der Waals surface area (Å²) < 4.78 is 38.0. The van der Waals surface area contributed by atoms with Gasteiger partial charge in [-0.05, 0) is 66.3 Å². The highest BCUT2D eigenvalue weighted by Crippen LogP contribution is 2.47. The fourth-order valence-electron chi connectivity index (χ4n) is 7.09. The predicted octanol–water partition coefficient (Wildman–Crippen LogP) is 6.61. The van der Waals surface area contributed by atoms with E-state index in [1.54, 1.807) is 25.2 Å². The molecule has 1 aliphatic carbocycles. The third-order valence-corrected chi connectivity index (χ3v) is 12.4. The molecule has 5 aromatic rings. The van der Waals surface area contributed by atoms with E-state index in [9.17, 15) is 23.1 Å². The molecule has 2 aliphatic rings. The summed E-state index contributed by atoms with van der Waals surface area (Å²) in [4.78, 5) is 32.7. The maximum atomic E-state index is 13.8. The lowest BCUT2D eigenvalue weighted by Gasteiger charge is -2.28. The van der Waals surface area contributed by atoms with E-state index in [4.69, 9.17) is 14.5 Å². The molecule has 2 fully saturated rings. The van der Waals surface area contributed by atoms with Crippen molar-refractivity contribution in [1.29, 1.82) is 0 Å².